The molecule has 0 saturated heterocycles. The molecule has 0 aliphatic heterocycles. The van der Waals surface area contributed by atoms with Gasteiger partial charge in [0.15, 0.2) is 0 Å². The number of hydrogen-bond acceptors (Lipinski definition) is 5. The van der Waals surface area contributed by atoms with Crippen LogP contribution in [0.4, 0.5) is 15.2 Å². The molecule has 0 unspecified atom stereocenters. The molecule has 1 amide bonds. The van der Waals surface area contributed by atoms with Crippen molar-refractivity contribution in [2.75, 3.05) is 16.8 Å². The predicted octanol–water partition coefficient (Wildman–Crippen LogP) is 4.82. The minimum Gasteiger partial charge on any atom is -0.344 e. The van der Waals surface area contributed by atoms with Gasteiger partial charge in [-0.15, -0.1) is 0 Å². The molecule has 0 atom stereocenters. The Morgan fingerprint density at radius 1 is 1.17 bits per heavy atom. The second-order valence-corrected chi connectivity index (χ2v) is 7.95. The summed E-state index contributed by atoms with van der Waals surface area (Å²) in [6.45, 7) is 6.65. The first-order valence-corrected chi connectivity index (χ1v) is 10.4. The Balaban J connectivity index is 1.61. The van der Waals surface area contributed by atoms with Gasteiger partial charge >= 0.3 is 0 Å². The van der Waals surface area contributed by atoms with Gasteiger partial charge in [0.1, 0.15) is 11.6 Å². The van der Waals surface area contributed by atoms with Crippen molar-refractivity contribution in [1.29, 1.82) is 0 Å². The number of aryl methyl sites for hydroxylation is 1. The molecule has 0 radical (unpaired) electrons. The Bertz CT molecular complexity index is 955. The summed E-state index contributed by atoms with van der Waals surface area (Å²) in [6, 6.07) is 14.7. The molecule has 1 aromatic heterocycles. The van der Waals surface area contributed by atoms with E-state index in [0.29, 0.717) is 13.0 Å². The third-order valence-corrected chi connectivity index (χ3v) is 5.33. The Morgan fingerprint density at radius 3 is 2.59 bits per heavy atom. The summed E-state index contributed by atoms with van der Waals surface area (Å²) in [5.74, 6) is 0.104. The second kappa shape index (κ2) is 9.60. The summed E-state index contributed by atoms with van der Waals surface area (Å²) >= 11 is 1.34. The number of para-hydroxylation sites is 1. The molecule has 0 aliphatic carbocycles. The molecular formula is C22H25FN4OS. The van der Waals surface area contributed by atoms with Crippen LogP contribution in [0.2, 0.25) is 0 Å². The fourth-order valence-corrected chi connectivity index (χ4v) is 3.74. The topological polar surface area (TPSA) is 58.1 Å². The average molecular weight is 413 g/mol. The molecule has 0 spiro atoms. The number of carbonyl (C=O) groups is 1. The maximum atomic E-state index is 13.7. The predicted molar refractivity (Wildman–Crippen MR) is 116 cm³/mol. The maximum Gasteiger partial charge on any atom is 0.226 e. The van der Waals surface area contributed by atoms with Gasteiger partial charge in [0, 0.05) is 37.0 Å². The Morgan fingerprint density at radius 2 is 1.90 bits per heavy atom. The van der Waals surface area contributed by atoms with E-state index in [-0.39, 0.29) is 24.1 Å². The smallest absolute Gasteiger partial charge is 0.226 e. The first-order chi connectivity index (χ1) is 13.9. The molecule has 0 bridgehead atoms. The molecule has 1 heterocycles. The van der Waals surface area contributed by atoms with E-state index in [4.69, 9.17) is 0 Å². The number of halogens is 1. The quantitative estimate of drug-likeness (QED) is 0.576. The van der Waals surface area contributed by atoms with Crippen LogP contribution < -0.4 is 10.2 Å². The molecule has 7 heteroatoms. The maximum absolute atomic E-state index is 13.7. The van der Waals surface area contributed by atoms with Gasteiger partial charge in [-0.1, -0.05) is 42.0 Å². The molecule has 152 valence electrons. The summed E-state index contributed by atoms with van der Waals surface area (Å²) in [5.41, 5.74) is 2.59. The van der Waals surface area contributed by atoms with Gasteiger partial charge < -0.3 is 10.2 Å². The largest absolute Gasteiger partial charge is 0.344 e. The highest BCUT2D eigenvalue weighted by atomic mass is 32.1. The number of nitrogens with zero attached hydrogens (tertiary/aromatic N) is 3. The van der Waals surface area contributed by atoms with E-state index in [1.54, 1.807) is 18.2 Å². The Kier molecular flexibility index (Phi) is 6.93. The van der Waals surface area contributed by atoms with Crippen LogP contribution in [0, 0.1) is 12.7 Å². The lowest BCUT2D eigenvalue weighted by atomic mass is 10.1. The zero-order valence-electron chi connectivity index (χ0n) is 16.9. The van der Waals surface area contributed by atoms with Crippen LogP contribution in [-0.2, 0) is 11.2 Å². The number of nitrogens with one attached hydrogen (secondary N) is 1. The zero-order valence-corrected chi connectivity index (χ0v) is 17.7. The van der Waals surface area contributed by atoms with E-state index in [2.05, 4.69) is 64.6 Å². The van der Waals surface area contributed by atoms with Gasteiger partial charge in [-0.3, -0.25) is 4.79 Å². The molecule has 2 aromatic carbocycles. The molecule has 3 rings (SSSR count). The molecule has 0 aliphatic rings. The van der Waals surface area contributed by atoms with Crippen molar-refractivity contribution in [3.8, 4) is 0 Å². The number of rotatable bonds is 8. The SMILES string of the molecule is Cc1ccc(Cc2nsc(N(CCC(=O)Nc3ccccc3F)C(C)C)n2)cc1. The van der Waals surface area contributed by atoms with Crippen LogP contribution >= 0.6 is 11.5 Å². The number of hydrogen-bond donors (Lipinski definition) is 1. The third kappa shape index (κ3) is 5.84. The summed E-state index contributed by atoms with van der Waals surface area (Å²) in [5, 5.41) is 3.42. The summed E-state index contributed by atoms with van der Waals surface area (Å²) in [6.07, 6.45) is 0.913. The fourth-order valence-electron chi connectivity index (χ4n) is 2.89. The lowest BCUT2D eigenvalue weighted by Gasteiger charge is -2.25. The third-order valence-electron chi connectivity index (χ3n) is 4.54. The highest BCUT2D eigenvalue weighted by Crippen LogP contribution is 2.22. The molecule has 3 aromatic rings. The summed E-state index contributed by atoms with van der Waals surface area (Å²) < 4.78 is 18.2. The number of aromatic nitrogens is 2. The number of anilines is 2. The van der Waals surface area contributed by atoms with Crippen LogP contribution in [0.1, 0.15) is 37.2 Å². The average Bonchev–Trinajstić information content (AvgIpc) is 3.13. The van der Waals surface area contributed by atoms with Crippen molar-refractivity contribution in [2.45, 2.75) is 39.7 Å². The lowest BCUT2D eigenvalue weighted by Crippen LogP contribution is -2.33. The van der Waals surface area contributed by atoms with Gasteiger partial charge in [-0.05, 0) is 38.5 Å². The van der Waals surface area contributed by atoms with Crippen molar-refractivity contribution < 1.29 is 9.18 Å². The van der Waals surface area contributed by atoms with Gasteiger partial charge in [-0.2, -0.15) is 4.37 Å². The van der Waals surface area contributed by atoms with Crippen LogP contribution in [0.25, 0.3) is 0 Å². The first kappa shape index (κ1) is 20.9. The minimum atomic E-state index is -0.438. The highest BCUT2D eigenvalue weighted by molar-refractivity contribution is 7.09. The van der Waals surface area contributed by atoms with E-state index in [1.165, 1.54) is 28.7 Å². The molecule has 0 saturated carbocycles. The van der Waals surface area contributed by atoms with Gasteiger partial charge in [0.2, 0.25) is 11.0 Å². The van der Waals surface area contributed by atoms with Gasteiger partial charge in [0.05, 0.1) is 5.69 Å². The van der Waals surface area contributed by atoms with Crippen molar-refractivity contribution in [3.63, 3.8) is 0 Å². The summed E-state index contributed by atoms with van der Waals surface area (Å²) in [7, 11) is 0. The minimum absolute atomic E-state index is 0.163. The van der Waals surface area contributed by atoms with Gasteiger partial charge in [-0.25, -0.2) is 9.37 Å². The fraction of sp³-hybridized carbons (Fsp3) is 0.318. The van der Waals surface area contributed by atoms with Crippen molar-refractivity contribution in [1.82, 2.24) is 9.36 Å². The second-order valence-electron chi connectivity index (χ2n) is 7.22. The van der Waals surface area contributed by atoms with E-state index in [9.17, 15) is 9.18 Å². The van der Waals surface area contributed by atoms with Crippen LogP contribution in [0.15, 0.2) is 48.5 Å². The van der Waals surface area contributed by atoms with E-state index in [1.807, 2.05) is 0 Å². The Hall–Kier alpha value is -2.80. The van der Waals surface area contributed by atoms with E-state index < -0.39 is 5.82 Å². The van der Waals surface area contributed by atoms with E-state index in [0.717, 1.165) is 11.0 Å². The van der Waals surface area contributed by atoms with Crippen LogP contribution in [-0.4, -0.2) is 27.9 Å². The highest BCUT2D eigenvalue weighted by Gasteiger charge is 2.18. The summed E-state index contributed by atoms with van der Waals surface area (Å²) in [4.78, 5) is 19.0. The van der Waals surface area contributed by atoms with E-state index >= 15 is 0 Å². The zero-order chi connectivity index (χ0) is 20.8. The van der Waals surface area contributed by atoms with Crippen LogP contribution in [0.5, 0.6) is 0 Å². The van der Waals surface area contributed by atoms with Crippen LogP contribution in [0.3, 0.4) is 0 Å². The molecule has 1 N–H and O–H groups in total. The first-order valence-electron chi connectivity index (χ1n) is 9.61. The van der Waals surface area contributed by atoms with Gasteiger partial charge in [0.25, 0.3) is 0 Å². The molecule has 5 nitrogen and oxygen atoms in total. The molecular weight excluding hydrogens is 387 g/mol. The number of amides is 1. The molecule has 0 fully saturated rings. The lowest BCUT2D eigenvalue weighted by molar-refractivity contribution is -0.116. The molecule has 29 heavy (non-hydrogen) atoms. The standard InChI is InChI=1S/C22H25FN4OS/c1-15(2)27(13-12-21(28)24-19-7-5-4-6-18(19)23)22-25-20(26-29-22)14-17-10-8-16(3)9-11-17/h4-11,15H,12-14H2,1-3H3,(H,24,28). The number of carbonyl (C=O) groups excluding carboxylic acids is 1. The van der Waals surface area contributed by atoms with Crippen molar-refractivity contribution in [2.24, 2.45) is 0 Å². The van der Waals surface area contributed by atoms with Crippen molar-refractivity contribution in [3.05, 3.63) is 71.3 Å². The Labute approximate surface area is 174 Å². The normalized spacial score (nSPS) is 10.9. The number of benzene rings is 2. The monoisotopic (exact) mass is 412 g/mol. The van der Waals surface area contributed by atoms with Crippen molar-refractivity contribution >= 4 is 28.3 Å².